The molecule has 1 aromatic rings. The first-order chi connectivity index (χ1) is 11.8. The molecule has 7 heteroatoms. The highest BCUT2D eigenvalue weighted by molar-refractivity contribution is 8.15. The first-order valence-corrected chi connectivity index (χ1v) is 9.31. The van der Waals surface area contributed by atoms with Gasteiger partial charge >= 0.3 is 5.97 Å². The van der Waals surface area contributed by atoms with Crippen molar-refractivity contribution in [2.75, 3.05) is 0 Å². The molecule has 1 amide bonds. The maximum Gasteiger partial charge on any atom is 0.338 e. The Labute approximate surface area is 156 Å². The van der Waals surface area contributed by atoms with Crippen molar-refractivity contribution >= 4 is 40.4 Å². The first kappa shape index (κ1) is 18.0. The average Bonchev–Trinajstić information content (AvgIpc) is 2.79. The van der Waals surface area contributed by atoms with Crippen LogP contribution in [0.2, 0.25) is 5.02 Å². The predicted octanol–water partition coefficient (Wildman–Crippen LogP) is 3.94. The second-order valence-corrected chi connectivity index (χ2v) is 8.02. The van der Waals surface area contributed by atoms with E-state index in [2.05, 4.69) is 4.99 Å². The molecule has 5 nitrogen and oxygen atoms in total. The third-order valence-electron chi connectivity index (χ3n) is 3.99. The number of halogens is 1. The molecule has 0 aromatic heterocycles. The number of carbonyl (C=O) groups is 2. The number of carbonyl (C=O) groups excluding carboxylic acids is 2. The number of nitrogens with zero attached hydrogens (tertiary/aromatic N) is 2. The summed E-state index contributed by atoms with van der Waals surface area (Å²) in [7, 11) is 0. The van der Waals surface area contributed by atoms with Crippen molar-refractivity contribution in [3.63, 3.8) is 0 Å². The van der Waals surface area contributed by atoms with E-state index in [0.717, 1.165) is 5.56 Å². The third kappa shape index (κ3) is 3.33. The molecule has 25 heavy (non-hydrogen) atoms. The summed E-state index contributed by atoms with van der Waals surface area (Å²) < 4.78 is 5.41. The van der Waals surface area contributed by atoms with Gasteiger partial charge < -0.3 is 4.74 Å². The molecule has 2 atom stereocenters. The van der Waals surface area contributed by atoms with Gasteiger partial charge in [0.05, 0.1) is 28.7 Å². The van der Waals surface area contributed by atoms with Crippen LogP contribution in [0.25, 0.3) is 0 Å². The molecule has 2 unspecified atom stereocenters. The second kappa shape index (κ2) is 6.84. The summed E-state index contributed by atoms with van der Waals surface area (Å²) in [6.07, 6.45) is -0.263. The van der Waals surface area contributed by atoms with Crippen molar-refractivity contribution in [2.45, 2.75) is 45.1 Å². The van der Waals surface area contributed by atoms with Crippen molar-refractivity contribution in [1.82, 2.24) is 4.90 Å². The standard InChI is InChI=1S/C18H19ClN2O3S/c1-9(2)24-17(23)14-10(3)20-18-21(16(22)11(4)25-18)15(14)12-6-5-7-13(19)8-12/h5-9,11,15H,1-4H3. The van der Waals surface area contributed by atoms with Crippen LogP contribution in [0.4, 0.5) is 0 Å². The quantitative estimate of drug-likeness (QED) is 0.747. The van der Waals surface area contributed by atoms with Gasteiger partial charge in [0.2, 0.25) is 5.91 Å². The molecular formula is C18H19ClN2O3S. The van der Waals surface area contributed by atoms with Crippen LogP contribution in [0.3, 0.4) is 0 Å². The number of rotatable bonds is 3. The molecule has 0 radical (unpaired) electrons. The van der Waals surface area contributed by atoms with Gasteiger partial charge in [-0.2, -0.15) is 0 Å². The number of hydrogen-bond acceptors (Lipinski definition) is 5. The van der Waals surface area contributed by atoms with E-state index >= 15 is 0 Å². The number of ether oxygens (including phenoxy) is 1. The highest BCUT2D eigenvalue weighted by Crippen LogP contribution is 2.43. The van der Waals surface area contributed by atoms with Gasteiger partial charge in [-0.1, -0.05) is 35.5 Å². The van der Waals surface area contributed by atoms with Crippen LogP contribution < -0.4 is 0 Å². The summed E-state index contributed by atoms with van der Waals surface area (Å²) in [4.78, 5) is 31.5. The molecule has 132 valence electrons. The fourth-order valence-electron chi connectivity index (χ4n) is 2.93. The first-order valence-electron chi connectivity index (χ1n) is 8.05. The lowest BCUT2D eigenvalue weighted by molar-refractivity contribution is -0.143. The van der Waals surface area contributed by atoms with E-state index in [0.29, 0.717) is 21.5 Å². The minimum Gasteiger partial charge on any atom is -0.459 e. The molecule has 2 aliphatic heterocycles. The van der Waals surface area contributed by atoms with Crippen LogP contribution in [-0.4, -0.2) is 33.3 Å². The molecule has 1 aromatic carbocycles. The Balaban J connectivity index is 2.14. The normalized spacial score (nSPS) is 23.0. The summed E-state index contributed by atoms with van der Waals surface area (Å²) in [6, 6.07) is 6.61. The lowest BCUT2D eigenvalue weighted by atomic mass is 9.94. The van der Waals surface area contributed by atoms with Crippen LogP contribution in [0.15, 0.2) is 40.5 Å². The Morgan fingerprint density at radius 1 is 1.40 bits per heavy atom. The molecule has 3 rings (SSSR count). The number of esters is 1. The molecule has 2 heterocycles. The highest BCUT2D eigenvalue weighted by Gasteiger charge is 2.46. The maximum atomic E-state index is 12.7. The van der Waals surface area contributed by atoms with Crippen LogP contribution in [0, 0.1) is 0 Å². The predicted molar refractivity (Wildman–Crippen MR) is 99.5 cm³/mol. The van der Waals surface area contributed by atoms with Gasteiger partial charge in [0, 0.05) is 5.02 Å². The van der Waals surface area contributed by atoms with E-state index in [1.807, 2.05) is 13.0 Å². The second-order valence-electron chi connectivity index (χ2n) is 6.27. The van der Waals surface area contributed by atoms with E-state index in [-0.39, 0.29) is 17.3 Å². The molecular weight excluding hydrogens is 360 g/mol. The van der Waals surface area contributed by atoms with E-state index in [4.69, 9.17) is 16.3 Å². The topological polar surface area (TPSA) is 59.0 Å². The molecule has 0 aliphatic carbocycles. The van der Waals surface area contributed by atoms with Crippen LogP contribution in [0.1, 0.15) is 39.3 Å². The number of hydrogen-bond donors (Lipinski definition) is 0. The van der Waals surface area contributed by atoms with Crippen molar-refractivity contribution in [1.29, 1.82) is 0 Å². The Morgan fingerprint density at radius 2 is 2.12 bits per heavy atom. The van der Waals surface area contributed by atoms with Gasteiger partial charge in [-0.25, -0.2) is 9.79 Å². The minimum absolute atomic E-state index is 0.0731. The van der Waals surface area contributed by atoms with Gasteiger partial charge in [0.25, 0.3) is 0 Å². The smallest absolute Gasteiger partial charge is 0.338 e. The van der Waals surface area contributed by atoms with Gasteiger partial charge in [0.1, 0.15) is 0 Å². The Hall–Kier alpha value is -1.79. The number of benzene rings is 1. The van der Waals surface area contributed by atoms with Crippen molar-refractivity contribution in [3.05, 3.63) is 46.1 Å². The van der Waals surface area contributed by atoms with Gasteiger partial charge in [0.15, 0.2) is 5.17 Å². The molecule has 0 bridgehead atoms. The monoisotopic (exact) mass is 378 g/mol. The number of thioether (sulfide) groups is 1. The largest absolute Gasteiger partial charge is 0.459 e. The van der Waals surface area contributed by atoms with Crippen LogP contribution in [-0.2, 0) is 14.3 Å². The molecule has 2 aliphatic rings. The van der Waals surface area contributed by atoms with Gasteiger partial charge in [-0.05, 0) is 45.4 Å². The van der Waals surface area contributed by atoms with Crippen molar-refractivity contribution in [3.8, 4) is 0 Å². The molecule has 1 saturated heterocycles. The van der Waals surface area contributed by atoms with Gasteiger partial charge in [-0.3, -0.25) is 9.69 Å². The zero-order chi connectivity index (χ0) is 18.3. The number of amidine groups is 1. The third-order valence-corrected chi connectivity index (χ3v) is 5.27. The maximum absolute atomic E-state index is 12.7. The SMILES string of the molecule is CC1=C(C(=O)OC(C)C)C(c2cccc(Cl)c2)N2C(=O)C(C)SC2=N1. The zero-order valence-corrected chi connectivity index (χ0v) is 16.0. The Bertz CT molecular complexity index is 803. The van der Waals surface area contributed by atoms with E-state index in [1.54, 1.807) is 43.9 Å². The van der Waals surface area contributed by atoms with Gasteiger partial charge in [-0.15, -0.1) is 0 Å². The fourth-order valence-corrected chi connectivity index (χ4v) is 4.16. The minimum atomic E-state index is -0.581. The number of allylic oxidation sites excluding steroid dienone is 1. The summed E-state index contributed by atoms with van der Waals surface area (Å²) in [6.45, 7) is 7.19. The van der Waals surface area contributed by atoms with Crippen molar-refractivity contribution in [2.24, 2.45) is 4.99 Å². The Morgan fingerprint density at radius 3 is 2.76 bits per heavy atom. The summed E-state index contributed by atoms with van der Waals surface area (Å²) >= 11 is 7.55. The van der Waals surface area contributed by atoms with E-state index in [1.165, 1.54) is 11.8 Å². The Kier molecular flexibility index (Phi) is 4.93. The van der Waals surface area contributed by atoms with E-state index < -0.39 is 12.0 Å². The number of fused-ring (bicyclic) bond motifs is 1. The summed E-state index contributed by atoms with van der Waals surface area (Å²) in [5.74, 6) is -0.534. The lowest BCUT2D eigenvalue weighted by Crippen LogP contribution is -2.40. The molecule has 1 fully saturated rings. The highest BCUT2D eigenvalue weighted by atomic mass is 35.5. The molecule has 0 spiro atoms. The molecule has 0 N–H and O–H groups in total. The zero-order valence-electron chi connectivity index (χ0n) is 14.4. The van der Waals surface area contributed by atoms with E-state index in [9.17, 15) is 9.59 Å². The fraction of sp³-hybridized carbons (Fsp3) is 0.389. The van der Waals surface area contributed by atoms with Crippen LogP contribution in [0.5, 0.6) is 0 Å². The average molecular weight is 379 g/mol. The van der Waals surface area contributed by atoms with Crippen molar-refractivity contribution < 1.29 is 14.3 Å². The summed E-state index contributed by atoms with van der Waals surface area (Å²) in [5, 5.41) is 0.915. The lowest BCUT2D eigenvalue weighted by Gasteiger charge is -2.33. The number of amides is 1. The summed E-state index contributed by atoms with van der Waals surface area (Å²) in [5.41, 5.74) is 1.71. The molecule has 0 saturated carbocycles. The van der Waals surface area contributed by atoms with Crippen LogP contribution >= 0.6 is 23.4 Å². The number of aliphatic imine (C=N–C) groups is 1.